The molecule has 0 unspecified atom stereocenters. The summed E-state index contributed by atoms with van der Waals surface area (Å²) in [5, 5.41) is 12.1. The number of aromatic nitrogens is 2. The number of rotatable bonds is 5. The molecule has 0 aliphatic rings. The van der Waals surface area contributed by atoms with Gasteiger partial charge in [-0.25, -0.2) is 4.98 Å². The minimum atomic E-state index is -0.561. The Morgan fingerprint density at radius 1 is 1.44 bits per heavy atom. The summed E-state index contributed by atoms with van der Waals surface area (Å²) in [6, 6.07) is 0. The van der Waals surface area contributed by atoms with E-state index in [0.29, 0.717) is 12.8 Å². The maximum absolute atomic E-state index is 11.8. The van der Waals surface area contributed by atoms with E-state index in [-0.39, 0.29) is 18.2 Å². The number of aliphatic hydroxyl groups is 1. The summed E-state index contributed by atoms with van der Waals surface area (Å²) in [4.78, 5) is 19.5. The molecule has 0 aliphatic carbocycles. The summed E-state index contributed by atoms with van der Waals surface area (Å²) >= 11 is 0. The van der Waals surface area contributed by atoms with Crippen molar-refractivity contribution in [3.8, 4) is 0 Å². The van der Waals surface area contributed by atoms with Gasteiger partial charge in [0.15, 0.2) is 0 Å². The second-order valence-electron chi connectivity index (χ2n) is 3.69. The van der Waals surface area contributed by atoms with Crippen molar-refractivity contribution < 1.29 is 9.90 Å². The van der Waals surface area contributed by atoms with Gasteiger partial charge in [0.05, 0.1) is 18.3 Å². The fourth-order valence-corrected chi connectivity index (χ4v) is 1.41. The molecule has 0 saturated heterocycles. The highest BCUT2D eigenvalue weighted by molar-refractivity contribution is 5.92. The van der Waals surface area contributed by atoms with Gasteiger partial charge < -0.3 is 10.4 Å². The Morgan fingerprint density at radius 2 is 2.12 bits per heavy atom. The number of carbonyl (C=O) groups excluding carboxylic acids is 1. The van der Waals surface area contributed by atoms with Gasteiger partial charge in [-0.1, -0.05) is 13.8 Å². The van der Waals surface area contributed by atoms with Crippen LogP contribution in [-0.2, 0) is 0 Å². The lowest BCUT2D eigenvalue weighted by Crippen LogP contribution is -2.50. The van der Waals surface area contributed by atoms with Crippen molar-refractivity contribution in [1.29, 1.82) is 0 Å². The van der Waals surface area contributed by atoms with Crippen LogP contribution in [0.1, 0.15) is 37.2 Å². The number of amides is 1. The lowest BCUT2D eigenvalue weighted by Gasteiger charge is -2.30. The van der Waals surface area contributed by atoms with Crippen LogP contribution in [0, 0.1) is 0 Å². The molecule has 0 radical (unpaired) electrons. The van der Waals surface area contributed by atoms with Crippen LogP contribution >= 0.6 is 0 Å². The smallest absolute Gasteiger partial charge is 0.271 e. The zero-order chi connectivity index (χ0) is 12.0. The molecule has 5 nitrogen and oxygen atoms in total. The summed E-state index contributed by atoms with van der Waals surface area (Å²) in [6.45, 7) is 3.78. The molecule has 0 aliphatic heterocycles. The van der Waals surface area contributed by atoms with Crippen molar-refractivity contribution in [2.75, 3.05) is 6.61 Å². The minimum absolute atomic E-state index is 0.0774. The van der Waals surface area contributed by atoms with E-state index in [9.17, 15) is 9.90 Å². The number of nitrogens with zero attached hydrogens (tertiary/aromatic N) is 2. The number of carbonyl (C=O) groups is 1. The van der Waals surface area contributed by atoms with E-state index in [4.69, 9.17) is 0 Å². The van der Waals surface area contributed by atoms with Crippen molar-refractivity contribution in [3.05, 3.63) is 24.3 Å². The molecule has 0 fully saturated rings. The maximum Gasteiger partial charge on any atom is 0.271 e. The Morgan fingerprint density at radius 3 is 2.56 bits per heavy atom. The van der Waals surface area contributed by atoms with E-state index in [1.165, 1.54) is 18.6 Å². The van der Waals surface area contributed by atoms with E-state index < -0.39 is 5.54 Å². The van der Waals surface area contributed by atoms with Gasteiger partial charge in [0.2, 0.25) is 0 Å². The summed E-state index contributed by atoms with van der Waals surface area (Å²) in [5.74, 6) is -0.300. The molecule has 2 N–H and O–H groups in total. The highest BCUT2D eigenvalue weighted by Gasteiger charge is 2.27. The van der Waals surface area contributed by atoms with Crippen molar-refractivity contribution in [1.82, 2.24) is 15.3 Å². The van der Waals surface area contributed by atoms with Crippen LogP contribution in [0.25, 0.3) is 0 Å². The lowest BCUT2D eigenvalue weighted by molar-refractivity contribution is 0.0812. The Bertz CT molecular complexity index is 328. The average molecular weight is 223 g/mol. The standard InChI is InChI=1S/C11H17N3O2/c1-3-11(4-2,8-15)14-10(16)9-7-12-5-6-13-9/h5-7,15H,3-4,8H2,1-2H3,(H,14,16). The summed E-state index contributed by atoms with van der Waals surface area (Å²) < 4.78 is 0. The molecular weight excluding hydrogens is 206 g/mol. The maximum atomic E-state index is 11.8. The molecule has 0 atom stereocenters. The Balaban J connectivity index is 2.77. The molecule has 0 saturated carbocycles. The zero-order valence-corrected chi connectivity index (χ0v) is 9.60. The monoisotopic (exact) mass is 223 g/mol. The summed E-state index contributed by atoms with van der Waals surface area (Å²) in [5.41, 5.74) is -0.295. The fraction of sp³-hybridized carbons (Fsp3) is 0.545. The number of aliphatic hydroxyl groups excluding tert-OH is 1. The number of nitrogens with one attached hydrogen (secondary N) is 1. The van der Waals surface area contributed by atoms with Gasteiger partial charge in [-0.05, 0) is 12.8 Å². The Kier molecular flexibility index (Phi) is 4.37. The molecule has 1 heterocycles. The molecule has 16 heavy (non-hydrogen) atoms. The van der Waals surface area contributed by atoms with Crippen molar-refractivity contribution in [3.63, 3.8) is 0 Å². The van der Waals surface area contributed by atoms with E-state index in [1.54, 1.807) is 0 Å². The molecule has 1 rings (SSSR count). The third-order valence-corrected chi connectivity index (χ3v) is 2.83. The third-order valence-electron chi connectivity index (χ3n) is 2.83. The van der Waals surface area contributed by atoms with Crippen molar-refractivity contribution >= 4 is 5.91 Å². The van der Waals surface area contributed by atoms with Crippen LogP contribution < -0.4 is 5.32 Å². The van der Waals surface area contributed by atoms with E-state index >= 15 is 0 Å². The quantitative estimate of drug-likeness (QED) is 0.772. The van der Waals surface area contributed by atoms with Gasteiger partial charge in [0, 0.05) is 12.4 Å². The first-order valence-corrected chi connectivity index (χ1v) is 5.37. The van der Waals surface area contributed by atoms with Crippen LogP contribution in [0.5, 0.6) is 0 Å². The SMILES string of the molecule is CCC(CC)(CO)NC(=O)c1cnccn1. The highest BCUT2D eigenvalue weighted by atomic mass is 16.3. The van der Waals surface area contributed by atoms with Crippen LogP contribution in [0.3, 0.4) is 0 Å². The Hall–Kier alpha value is -1.49. The first-order valence-electron chi connectivity index (χ1n) is 5.37. The lowest BCUT2D eigenvalue weighted by atomic mass is 9.94. The van der Waals surface area contributed by atoms with Crippen LogP contribution in [-0.4, -0.2) is 33.1 Å². The molecule has 1 aromatic heterocycles. The van der Waals surface area contributed by atoms with Gasteiger partial charge in [0.25, 0.3) is 5.91 Å². The second kappa shape index (κ2) is 5.55. The van der Waals surface area contributed by atoms with Gasteiger partial charge in [0.1, 0.15) is 5.69 Å². The highest BCUT2D eigenvalue weighted by Crippen LogP contribution is 2.14. The molecule has 1 aromatic rings. The summed E-state index contributed by atoms with van der Waals surface area (Å²) in [7, 11) is 0. The Labute approximate surface area is 94.9 Å². The van der Waals surface area contributed by atoms with Crippen molar-refractivity contribution in [2.45, 2.75) is 32.2 Å². The fourth-order valence-electron chi connectivity index (χ4n) is 1.41. The first-order chi connectivity index (χ1) is 7.67. The largest absolute Gasteiger partial charge is 0.394 e. The molecular formula is C11H17N3O2. The minimum Gasteiger partial charge on any atom is -0.394 e. The van der Waals surface area contributed by atoms with Crippen LogP contribution in [0.2, 0.25) is 0 Å². The normalized spacial score (nSPS) is 11.2. The van der Waals surface area contributed by atoms with Gasteiger partial charge in [-0.2, -0.15) is 0 Å². The topological polar surface area (TPSA) is 75.1 Å². The molecule has 0 spiro atoms. The van der Waals surface area contributed by atoms with Gasteiger partial charge >= 0.3 is 0 Å². The molecule has 5 heteroatoms. The molecule has 0 bridgehead atoms. The third kappa shape index (κ3) is 2.76. The van der Waals surface area contributed by atoms with Crippen molar-refractivity contribution in [2.24, 2.45) is 0 Å². The van der Waals surface area contributed by atoms with Crippen LogP contribution in [0.4, 0.5) is 0 Å². The number of hydrogen-bond donors (Lipinski definition) is 2. The predicted molar refractivity (Wildman–Crippen MR) is 59.9 cm³/mol. The predicted octanol–water partition coefficient (Wildman–Crippen LogP) is 0.757. The van der Waals surface area contributed by atoms with Gasteiger partial charge in [-0.3, -0.25) is 9.78 Å². The summed E-state index contributed by atoms with van der Waals surface area (Å²) in [6.07, 6.45) is 5.73. The molecule has 1 amide bonds. The van der Waals surface area contributed by atoms with E-state index in [0.717, 1.165) is 0 Å². The van der Waals surface area contributed by atoms with Gasteiger partial charge in [-0.15, -0.1) is 0 Å². The van der Waals surface area contributed by atoms with Crippen LogP contribution in [0.15, 0.2) is 18.6 Å². The van der Waals surface area contributed by atoms with E-state index in [1.807, 2.05) is 13.8 Å². The number of hydrogen-bond acceptors (Lipinski definition) is 4. The molecule has 88 valence electrons. The first kappa shape index (κ1) is 12.6. The van der Waals surface area contributed by atoms with E-state index in [2.05, 4.69) is 15.3 Å². The molecule has 0 aromatic carbocycles. The average Bonchev–Trinajstić information content (AvgIpc) is 2.37. The second-order valence-corrected chi connectivity index (χ2v) is 3.69. The zero-order valence-electron chi connectivity index (χ0n) is 9.60.